The first-order chi connectivity index (χ1) is 16.8. The van der Waals surface area contributed by atoms with Gasteiger partial charge in [0, 0.05) is 11.6 Å². The lowest BCUT2D eigenvalue weighted by molar-refractivity contribution is 0.102. The highest BCUT2D eigenvalue weighted by Crippen LogP contribution is 2.31. The minimum Gasteiger partial charge on any atom is -0.306 e. The van der Waals surface area contributed by atoms with Crippen LogP contribution in [-0.2, 0) is 11.8 Å². The maximum absolute atomic E-state index is 13.0. The van der Waals surface area contributed by atoms with Gasteiger partial charge in [0.25, 0.3) is 5.91 Å². The van der Waals surface area contributed by atoms with Crippen LogP contribution < -0.4 is 5.32 Å². The van der Waals surface area contributed by atoms with Crippen LogP contribution in [0.25, 0.3) is 15.3 Å². The van der Waals surface area contributed by atoms with E-state index in [1.54, 1.807) is 16.0 Å². The quantitative estimate of drug-likeness (QED) is 0.297. The largest absolute Gasteiger partial charge is 0.306 e. The number of aryl methyl sites for hydroxylation is 1. The number of carbonyl (C=O) groups excluding carboxylic acids is 1. The number of amides is 1. The number of anilines is 1. The summed E-state index contributed by atoms with van der Waals surface area (Å²) >= 11 is 1.57. The smallest absolute Gasteiger partial charge is 0.256 e. The Hall–Kier alpha value is -3.77. The average molecular weight is 481 g/mol. The number of hydrogen-bond acceptors (Lipinski definition) is 4. The molecule has 35 heavy (non-hydrogen) atoms. The van der Waals surface area contributed by atoms with E-state index in [1.165, 1.54) is 11.1 Å². The second-order valence-corrected chi connectivity index (χ2v) is 10.8. The summed E-state index contributed by atoms with van der Waals surface area (Å²) < 4.78 is 2.82. The van der Waals surface area contributed by atoms with Crippen molar-refractivity contribution in [1.82, 2.24) is 14.8 Å². The van der Waals surface area contributed by atoms with Gasteiger partial charge in [-0.25, -0.2) is 4.98 Å². The normalized spacial score (nSPS) is 11.7. The fourth-order valence-electron chi connectivity index (χ4n) is 4.00. The fraction of sp³-hybridized carbons (Fsp3) is 0.207. The van der Waals surface area contributed by atoms with Gasteiger partial charge in [0.2, 0.25) is 5.13 Å². The third-order valence-corrected chi connectivity index (χ3v) is 6.96. The van der Waals surface area contributed by atoms with E-state index in [4.69, 9.17) is 4.98 Å². The molecular formula is C29H28N4OS. The van der Waals surface area contributed by atoms with Crippen LogP contribution in [0.5, 0.6) is 0 Å². The topological polar surface area (TPSA) is 59.8 Å². The molecule has 3 aromatic carbocycles. The molecule has 0 saturated carbocycles. The number of thiazole rings is 1. The monoisotopic (exact) mass is 480 g/mol. The minimum absolute atomic E-state index is 0.0659. The lowest BCUT2D eigenvalue weighted by atomic mass is 9.87. The van der Waals surface area contributed by atoms with Gasteiger partial charge in [0.15, 0.2) is 0 Å². The molecule has 0 bridgehead atoms. The lowest BCUT2D eigenvalue weighted by Crippen LogP contribution is -2.15. The first-order valence-corrected chi connectivity index (χ1v) is 12.5. The van der Waals surface area contributed by atoms with Gasteiger partial charge < -0.3 is 5.32 Å². The number of nitrogens with one attached hydrogen (secondary N) is 1. The van der Waals surface area contributed by atoms with Gasteiger partial charge in [-0.15, -0.1) is 0 Å². The summed E-state index contributed by atoms with van der Waals surface area (Å²) in [4.78, 5) is 17.8. The van der Waals surface area contributed by atoms with Crippen LogP contribution in [0.3, 0.4) is 0 Å². The second kappa shape index (κ2) is 9.12. The summed E-state index contributed by atoms with van der Waals surface area (Å²) in [5.74, 6) is 0.435. The second-order valence-electron chi connectivity index (χ2n) is 9.83. The molecule has 5 rings (SSSR count). The van der Waals surface area contributed by atoms with E-state index in [0.29, 0.717) is 11.4 Å². The highest BCUT2D eigenvalue weighted by atomic mass is 32.1. The number of fused-ring (bicyclic) bond motifs is 1. The van der Waals surface area contributed by atoms with Crippen molar-refractivity contribution in [1.29, 1.82) is 0 Å². The fourth-order valence-corrected chi connectivity index (χ4v) is 4.97. The maximum atomic E-state index is 13.0. The van der Waals surface area contributed by atoms with E-state index in [9.17, 15) is 4.79 Å². The number of hydrogen-bond donors (Lipinski definition) is 1. The SMILES string of the molecule is Cc1cc(NC(=O)c2ccc(Cc3ccccc3)cc2)n(-c2nc3ccc(C(C)(C)C)cc3s2)n1. The highest BCUT2D eigenvalue weighted by Gasteiger charge is 2.18. The van der Waals surface area contributed by atoms with Crippen molar-refractivity contribution in [2.24, 2.45) is 0 Å². The van der Waals surface area contributed by atoms with Gasteiger partial charge in [0.1, 0.15) is 5.82 Å². The van der Waals surface area contributed by atoms with Crippen molar-refractivity contribution < 1.29 is 4.79 Å². The number of benzene rings is 3. The van der Waals surface area contributed by atoms with Crippen molar-refractivity contribution in [2.45, 2.75) is 39.5 Å². The standard InChI is InChI=1S/C29H28N4OS/c1-19-16-26(31-27(34)22-12-10-21(11-13-22)17-20-8-6-5-7-9-20)33(32-19)28-30-24-15-14-23(29(2,3)4)18-25(24)35-28/h5-16,18H,17H2,1-4H3,(H,31,34). The molecule has 0 spiro atoms. The van der Waals surface area contributed by atoms with E-state index in [1.807, 2.05) is 55.5 Å². The predicted octanol–water partition coefficient (Wildman–Crippen LogP) is 6.93. The molecule has 1 amide bonds. The van der Waals surface area contributed by atoms with Crippen LogP contribution >= 0.6 is 11.3 Å². The molecule has 6 heteroatoms. The Morgan fingerprint density at radius 2 is 1.66 bits per heavy atom. The van der Waals surface area contributed by atoms with Crippen molar-refractivity contribution in [2.75, 3.05) is 5.32 Å². The van der Waals surface area contributed by atoms with Crippen LogP contribution in [0.2, 0.25) is 0 Å². The van der Waals surface area contributed by atoms with E-state index in [2.05, 4.69) is 61.5 Å². The molecule has 0 atom stereocenters. The van der Waals surface area contributed by atoms with Crippen molar-refractivity contribution >= 4 is 33.3 Å². The zero-order valence-corrected chi connectivity index (χ0v) is 21.2. The minimum atomic E-state index is -0.173. The Kier molecular flexibility index (Phi) is 5.99. The molecule has 5 aromatic rings. The van der Waals surface area contributed by atoms with Gasteiger partial charge in [0.05, 0.1) is 15.9 Å². The molecule has 1 N–H and O–H groups in total. The van der Waals surface area contributed by atoms with Crippen LogP contribution in [0.15, 0.2) is 78.9 Å². The van der Waals surface area contributed by atoms with Crippen molar-refractivity contribution in [3.63, 3.8) is 0 Å². The number of nitrogens with zero attached hydrogens (tertiary/aromatic N) is 3. The molecule has 0 unspecified atom stereocenters. The van der Waals surface area contributed by atoms with Crippen molar-refractivity contribution in [3.8, 4) is 5.13 Å². The van der Waals surface area contributed by atoms with Gasteiger partial charge in [-0.1, -0.05) is 80.6 Å². The van der Waals surface area contributed by atoms with E-state index >= 15 is 0 Å². The lowest BCUT2D eigenvalue weighted by Gasteiger charge is -2.18. The van der Waals surface area contributed by atoms with Gasteiger partial charge >= 0.3 is 0 Å². The maximum Gasteiger partial charge on any atom is 0.256 e. The Balaban J connectivity index is 1.37. The summed E-state index contributed by atoms with van der Waals surface area (Å²) in [6, 6.07) is 26.3. The molecule has 0 aliphatic heterocycles. The Morgan fingerprint density at radius 3 is 2.37 bits per heavy atom. The molecule has 0 fully saturated rings. The summed E-state index contributed by atoms with van der Waals surface area (Å²) in [6.07, 6.45) is 0.837. The van der Waals surface area contributed by atoms with Crippen LogP contribution in [0, 0.1) is 6.92 Å². The number of carbonyl (C=O) groups is 1. The summed E-state index contributed by atoms with van der Waals surface area (Å²) in [6.45, 7) is 8.52. The first kappa shape index (κ1) is 23.0. The van der Waals surface area contributed by atoms with E-state index < -0.39 is 0 Å². The Morgan fingerprint density at radius 1 is 0.943 bits per heavy atom. The molecule has 0 saturated heterocycles. The summed E-state index contributed by atoms with van der Waals surface area (Å²) in [7, 11) is 0. The molecule has 0 aliphatic carbocycles. The van der Waals surface area contributed by atoms with Crippen LogP contribution in [0.4, 0.5) is 5.82 Å². The Bertz CT molecular complexity index is 1490. The van der Waals surface area contributed by atoms with Crippen molar-refractivity contribution in [3.05, 3.63) is 107 Å². The predicted molar refractivity (Wildman–Crippen MR) is 144 cm³/mol. The van der Waals surface area contributed by atoms with Gasteiger partial charge in [-0.05, 0) is 59.7 Å². The average Bonchev–Trinajstić information content (AvgIpc) is 3.42. The zero-order valence-electron chi connectivity index (χ0n) is 20.4. The zero-order chi connectivity index (χ0) is 24.6. The first-order valence-electron chi connectivity index (χ1n) is 11.7. The van der Waals surface area contributed by atoms with Gasteiger partial charge in [-0.2, -0.15) is 9.78 Å². The number of rotatable bonds is 5. The molecule has 2 aromatic heterocycles. The van der Waals surface area contributed by atoms with Gasteiger partial charge in [-0.3, -0.25) is 4.79 Å². The van der Waals surface area contributed by atoms with Crippen LogP contribution in [0.1, 0.15) is 53.5 Å². The van der Waals surface area contributed by atoms with E-state index in [0.717, 1.165) is 33.0 Å². The Labute approximate surface area is 209 Å². The van der Waals surface area contributed by atoms with Crippen LogP contribution in [-0.4, -0.2) is 20.7 Å². The van der Waals surface area contributed by atoms with E-state index in [-0.39, 0.29) is 11.3 Å². The molecule has 176 valence electrons. The molecule has 2 heterocycles. The third kappa shape index (κ3) is 5.03. The number of aromatic nitrogens is 3. The molecule has 0 radical (unpaired) electrons. The molecule has 0 aliphatic rings. The summed E-state index contributed by atoms with van der Waals surface area (Å²) in [5, 5.41) is 8.36. The third-order valence-electron chi connectivity index (χ3n) is 5.96. The highest BCUT2D eigenvalue weighted by molar-refractivity contribution is 7.20. The summed E-state index contributed by atoms with van der Waals surface area (Å²) in [5.41, 5.74) is 6.08. The molecular weight excluding hydrogens is 452 g/mol. The molecule has 5 nitrogen and oxygen atoms in total.